The molecule has 18 heavy (non-hydrogen) atoms. The van der Waals surface area contributed by atoms with Gasteiger partial charge in [0.15, 0.2) is 5.82 Å². The highest BCUT2D eigenvalue weighted by atomic mass is 79.9. The number of nitrogens with one attached hydrogen (secondary N) is 1. The first kappa shape index (κ1) is 12.7. The number of aryl methyl sites for hydroxylation is 1. The second-order valence-corrected chi connectivity index (χ2v) is 4.81. The molecule has 4 nitrogen and oxygen atoms in total. The maximum atomic E-state index is 5.97. The third-order valence-electron chi connectivity index (χ3n) is 2.58. The van der Waals surface area contributed by atoms with Crippen molar-refractivity contribution in [3.05, 3.63) is 40.5 Å². The van der Waals surface area contributed by atoms with E-state index >= 15 is 0 Å². The fraction of sp³-hybridized carbons (Fsp3) is 0.154. The maximum absolute atomic E-state index is 5.97. The second kappa shape index (κ2) is 5.27. The predicted octanol–water partition coefficient (Wildman–Crippen LogP) is 3.49. The molecule has 2 aromatic rings. The SMILES string of the molecule is COc1cc(Br)cc(Nc2nccc(C)c2N)c1. The zero-order valence-corrected chi connectivity index (χ0v) is 11.8. The Morgan fingerprint density at radius 2 is 2.11 bits per heavy atom. The number of benzene rings is 1. The number of aromatic nitrogens is 1. The highest BCUT2D eigenvalue weighted by Crippen LogP contribution is 2.28. The van der Waals surface area contributed by atoms with Gasteiger partial charge in [-0.05, 0) is 30.7 Å². The molecule has 1 aromatic carbocycles. The Morgan fingerprint density at radius 3 is 2.83 bits per heavy atom. The molecule has 94 valence electrons. The number of methoxy groups -OCH3 is 1. The van der Waals surface area contributed by atoms with Crippen LogP contribution in [0.4, 0.5) is 17.2 Å². The molecule has 1 aromatic heterocycles. The van der Waals surface area contributed by atoms with Gasteiger partial charge in [-0.25, -0.2) is 4.98 Å². The van der Waals surface area contributed by atoms with E-state index in [1.165, 1.54) is 0 Å². The summed E-state index contributed by atoms with van der Waals surface area (Å²) < 4.78 is 6.13. The molecule has 2 rings (SSSR count). The summed E-state index contributed by atoms with van der Waals surface area (Å²) in [4.78, 5) is 4.23. The first-order valence-corrected chi connectivity index (χ1v) is 6.22. The minimum Gasteiger partial charge on any atom is -0.497 e. The van der Waals surface area contributed by atoms with Crippen molar-refractivity contribution in [1.82, 2.24) is 4.98 Å². The monoisotopic (exact) mass is 307 g/mol. The lowest BCUT2D eigenvalue weighted by atomic mass is 10.2. The Labute approximate surface area is 114 Å². The summed E-state index contributed by atoms with van der Waals surface area (Å²) in [7, 11) is 1.63. The normalized spacial score (nSPS) is 10.2. The molecule has 0 radical (unpaired) electrons. The van der Waals surface area contributed by atoms with Crippen LogP contribution in [-0.4, -0.2) is 12.1 Å². The van der Waals surface area contributed by atoms with E-state index in [0.717, 1.165) is 21.5 Å². The zero-order valence-electron chi connectivity index (χ0n) is 10.2. The summed E-state index contributed by atoms with van der Waals surface area (Å²) in [6.45, 7) is 1.95. The van der Waals surface area contributed by atoms with Crippen LogP contribution in [0.5, 0.6) is 5.75 Å². The molecule has 0 bridgehead atoms. The number of anilines is 3. The lowest BCUT2D eigenvalue weighted by Gasteiger charge is -2.11. The van der Waals surface area contributed by atoms with Gasteiger partial charge in [-0.15, -0.1) is 0 Å². The number of halogens is 1. The van der Waals surface area contributed by atoms with Crippen LogP contribution in [0.3, 0.4) is 0 Å². The molecule has 5 heteroatoms. The zero-order chi connectivity index (χ0) is 13.1. The Morgan fingerprint density at radius 1 is 1.33 bits per heavy atom. The number of nitrogens with two attached hydrogens (primary N) is 1. The lowest BCUT2D eigenvalue weighted by molar-refractivity contribution is 0.415. The Balaban J connectivity index is 2.34. The van der Waals surface area contributed by atoms with Gasteiger partial charge in [0.05, 0.1) is 12.8 Å². The van der Waals surface area contributed by atoms with E-state index in [0.29, 0.717) is 11.5 Å². The fourth-order valence-electron chi connectivity index (χ4n) is 1.56. The summed E-state index contributed by atoms with van der Waals surface area (Å²) in [5.41, 5.74) is 8.48. The summed E-state index contributed by atoms with van der Waals surface area (Å²) in [6, 6.07) is 7.58. The quantitative estimate of drug-likeness (QED) is 0.911. The topological polar surface area (TPSA) is 60.2 Å². The Bertz CT molecular complexity index is 572. The molecule has 0 saturated carbocycles. The molecule has 0 unspecified atom stereocenters. The van der Waals surface area contributed by atoms with Crippen molar-refractivity contribution in [2.75, 3.05) is 18.2 Å². The molecular formula is C13H14BrN3O. The number of hydrogen-bond acceptors (Lipinski definition) is 4. The molecule has 0 atom stereocenters. The molecule has 0 amide bonds. The van der Waals surface area contributed by atoms with Gasteiger partial charge in [-0.3, -0.25) is 0 Å². The van der Waals surface area contributed by atoms with Gasteiger partial charge in [0.25, 0.3) is 0 Å². The summed E-state index contributed by atoms with van der Waals surface area (Å²) in [6.07, 6.45) is 1.73. The second-order valence-electron chi connectivity index (χ2n) is 3.89. The number of pyridine rings is 1. The van der Waals surface area contributed by atoms with Crippen molar-refractivity contribution in [3.8, 4) is 5.75 Å². The van der Waals surface area contributed by atoms with Crippen LogP contribution in [0.25, 0.3) is 0 Å². The van der Waals surface area contributed by atoms with Crippen LogP contribution in [0.2, 0.25) is 0 Å². The van der Waals surface area contributed by atoms with Gasteiger partial charge < -0.3 is 15.8 Å². The Kier molecular flexibility index (Phi) is 3.72. The molecule has 3 N–H and O–H groups in total. The van der Waals surface area contributed by atoms with Crippen LogP contribution in [0.15, 0.2) is 34.9 Å². The fourth-order valence-corrected chi connectivity index (χ4v) is 2.03. The van der Waals surface area contributed by atoms with Crippen LogP contribution < -0.4 is 15.8 Å². The average molecular weight is 308 g/mol. The van der Waals surface area contributed by atoms with Crippen molar-refractivity contribution in [1.29, 1.82) is 0 Å². The van der Waals surface area contributed by atoms with Crippen LogP contribution in [0.1, 0.15) is 5.56 Å². The van der Waals surface area contributed by atoms with Gasteiger partial charge in [-0.1, -0.05) is 15.9 Å². The maximum Gasteiger partial charge on any atom is 0.153 e. The molecule has 1 heterocycles. The molecule has 0 spiro atoms. The van der Waals surface area contributed by atoms with E-state index in [4.69, 9.17) is 10.5 Å². The van der Waals surface area contributed by atoms with Gasteiger partial charge in [-0.2, -0.15) is 0 Å². The minimum absolute atomic E-state index is 0.648. The van der Waals surface area contributed by atoms with Gasteiger partial charge in [0.1, 0.15) is 5.75 Å². The van der Waals surface area contributed by atoms with E-state index in [1.54, 1.807) is 13.3 Å². The standard InChI is InChI=1S/C13H14BrN3O/c1-8-3-4-16-13(12(8)15)17-10-5-9(14)6-11(7-10)18-2/h3-7H,15H2,1-2H3,(H,16,17). The number of nitrogen functional groups attached to an aromatic ring is 1. The highest BCUT2D eigenvalue weighted by Gasteiger charge is 2.05. The van der Waals surface area contributed by atoms with Crippen LogP contribution in [-0.2, 0) is 0 Å². The van der Waals surface area contributed by atoms with Crippen molar-refractivity contribution >= 4 is 33.1 Å². The highest BCUT2D eigenvalue weighted by molar-refractivity contribution is 9.10. The van der Waals surface area contributed by atoms with Crippen molar-refractivity contribution in [2.45, 2.75) is 6.92 Å². The van der Waals surface area contributed by atoms with Crippen molar-refractivity contribution in [3.63, 3.8) is 0 Å². The van der Waals surface area contributed by atoms with E-state index in [2.05, 4.69) is 26.2 Å². The van der Waals surface area contributed by atoms with Crippen molar-refractivity contribution < 1.29 is 4.74 Å². The largest absolute Gasteiger partial charge is 0.497 e. The molecule has 0 fully saturated rings. The van der Waals surface area contributed by atoms with Gasteiger partial charge in [0.2, 0.25) is 0 Å². The summed E-state index contributed by atoms with van der Waals surface area (Å²) in [5, 5.41) is 3.18. The average Bonchev–Trinajstić information content (AvgIpc) is 2.34. The third kappa shape index (κ3) is 2.73. The van der Waals surface area contributed by atoms with E-state index in [-0.39, 0.29) is 0 Å². The van der Waals surface area contributed by atoms with E-state index in [9.17, 15) is 0 Å². The number of ether oxygens (including phenoxy) is 1. The van der Waals surface area contributed by atoms with E-state index in [1.807, 2.05) is 31.2 Å². The molecule has 0 aliphatic heterocycles. The van der Waals surface area contributed by atoms with Crippen LogP contribution in [0, 0.1) is 6.92 Å². The van der Waals surface area contributed by atoms with E-state index < -0.39 is 0 Å². The first-order valence-electron chi connectivity index (χ1n) is 5.43. The third-order valence-corrected chi connectivity index (χ3v) is 3.04. The number of rotatable bonds is 3. The summed E-state index contributed by atoms with van der Waals surface area (Å²) in [5.74, 6) is 1.41. The molecule has 0 aliphatic carbocycles. The predicted molar refractivity (Wildman–Crippen MR) is 77.4 cm³/mol. The number of nitrogens with zero attached hydrogens (tertiary/aromatic N) is 1. The molecule has 0 aliphatic rings. The number of hydrogen-bond donors (Lipinski definition) is 2. The lowest BCUT2D eigenvalue weighted by Crippen LogP contribution is -2.01. The molecular weight excluding hydrogens is 294 g/mol. The summed E-state index contributed by atoms with van der Waals surface area (Å²) >= 11 is 3.43. The molecule has 0 saturated heterocycles. The minimum atomic E-state index is 0.648. The van der Waals surface area contributed by atoms with Gasteiger partial charge in [0, 0.05) is 22.4 Å². The van der Waals surface area contributed by atoms with Gasteiger partial charge >= 0.3 is 0 Å². The van der Waals surface area contributed by atoms with Crippen LogP contribution >= 0.6 is 15.9 Å². The smallest absolute Gasteiger partial charge is 0.153 e. The first-order chi connectivity index (χ1) is 8.60. The van der Waals surface area contributed by atoms with Crippen molar-refractivity contribution in [2.24, 2.45) is 0 Å². The Hall–Kier alpha value is -1.75.